The summed E-state index contributed by atoms with van der Waals surface area (Å²) in [4.78, 5) is 0. The predicted octanol–water partition coefficient (Wildman–Crippen LogP) is 4.26. The molecular weight excluding hydrogens is 174 g/mol. The summed E-state index contributed by atoms with van der Waals surface area (Å²) in [7, 11) is 0. The minimum Gasteiger partial charge on any atom is -0.361 e. The van der Waals surface area contributed by atoms with Crippen LogP contribution in [-0.2, 0) is 0 Å². The van der Waals surface area contributed by atoms with Crippen molar-refractivity contribution >= 4 is 0 Å². The van der Waals surface area contributed by atoms with E-state index in [1.807, 2.05) is 20.8 Å². The smallest absolute Gasteiger partial charge is 0.137 e. The Morgan fingerprint density at radius 1 is 1.00 bits per heavy atom. The van der Waals surface area contributed by atoms with Gasteiger partial charge in [0.1, 0.15) is 5.76 Å². The van der Waals surface area contributed by atoms with E-state index in [2.05, 4.69) is 32.9 Å². The van der Waals surface area contributed by atoms with Gasteiger partial charge in [-0.05, 0) is 18.8 Å². The zero-order chi connectivity index (χ0) is 11.3. The zero-order valence-electron chi connectivity index (χ0n) is 10.5. The summed E-state index contributed by atoms with van der Waals surface area (Å²) in [5.41, 5.74) is 2.40. The molecule has 2 heteroatoms. The van der Waals surface area contributed by atoms with Gasteiger partial charge in [-0.2, -0.15) is 0 Å². The third-order valence-corrected chi connectivity index (χ3v) is 2.06. The number of aromatic nitrogens is 1. The lowest BCUT2D eigenvalue weighted by Crippen LogP contribution is -1.97. The van der Waals surface area contributed by atoms with Crippen LogP contribution in [-0.4, -0.2) is 5.16 Å². The molecule has 2 nitrogen and oxygen atoms in total. The lowest BCUT2D eigenvalue weighted by atomic mass is 9.96. The first-order chi connectivity index (χ1) is 6.54. The van der Waals surface area contributed by atoms with Crippen LogP contribution in [0, 0.1) is 6.92 Å². The van der Waals surface area contributed by atoms with E-state index in [1.54, 1.807) is 0 Å². The van der Waals surface area contributed by atoms with E-state index in [0.717, 1.165) is 11.5 Å². The highest BCUT2D eigenvalue weighted by Crippen LogP contribution is 2.27. The van der Waals surface area contributed by atoms with Crippen LogP contribution in [0.1, 0.15) is 70.4 Å². The lowest BCUT2D eigenvalue weighted by molar-refractivity contribution is 0.387. The molecule has 0 aliphatic carbocycles. The average Bonchev–Trinajstić information content (AvgIpc) is 2.50. The van der Waals surface area contributed by atoms with Gasteiger partial charge in [0.25, 0.3) is 0 Å². The van der Waals surface area contributed by atoms with E-state index < -0.39 is 0 Å². The third kappa shape index (κ3) is 2.86. The first-order valence-electron chi connectivity index (χ1n) is 5.50. The highest BCUT2D eigenvalue weighted by atomic mass is 16.5. The maximum Gasteiger partial charge on any atom is 0.137 e. The average molecular weight is 197 g/mol. The lowest BCUT2D eigenvalue weighted by Gasteiger charge is -2.07. The molecule has 0 unspecified atom stereocenters. The number of rotatable bonds is 2. The Labute approximate surface area is 87.7 Å². The fourth-order valence-corrected chi connectivity index (χ4v) is 1.52. The topological polar surface area (TPSA) is 26.0 Å². The normalized spacial score (nSPS) is 10.4. The van der Waals surface area contributed by atoms with Crippen molar-refractivity contribution in [2.75, 3.05) is 0 Å². The van der Waals surface area contributed by atoms with Crippen molar-refractivity contribution in [3.8, 4) is 0 Å². The van der Waals surface area contributed by atoms with Gasteiger partial charge in [0.2, 0.25) is 0 Å². The van der Waals surface area contributed by atoms with E-state index in [1.165, 1.54) is 5.56 Å². The molecule has 1 aromatic heterocycles. The summed E-state index contributed by atoms with van der Waals surface area (Å²) in [6.45, 7) is 14.6. The van der Waals surface area contributed by atoms with Crippen LogP contribution in [0.3, 0.4) is 0 Å². The summed E-state index contributed by atoms with van der Waals surface area (Å²) in [6.07, 6.45) is 0. The molecule has 0 bridgehead atoms. The molecule has 0 fully saturated rings. The second-order valence-corrected chi connectivity index (χ2v) is 3.85. The van der Waals surface area contributed by atoms with Gasteiger partial charge in [-0.1, -0.05) is 46.7 Å². The predicted molar refractivity (Wildman–Crippen MR) is 60.8 cm³/mol. The van der Waals surface area contributed by atoms with Crippen molar-refractivity contribution in [3.05, 3.63) is 17.0 Å². The monoisotopic (exact) mass is 197 g/mol. The molecule has 1 aromatic rings. The minimum atomic E-state index is 0.458. The molecule has 0 amide bonds. The largest absolute Gasteiger partial charge is 0.361 e. The maximum absolute atomic E-state index is 5.17. The highest BCUT2D eigenvalue weighted by Gasteiger charge is 2.17. The molecular formula is C12H23NO. The second-order valence-electron chi connectivity index (χ2n) is 3.85. The van der Waals surface area contributed by atoms with Crippen LogP contribution in [0.5, 0.6) is 0 Å². The molecule has 0 aromatic carbocycles. The fourth-order valence-electron chi connectivity index (χ4n) is 1.52. The molecule has 1 heterocycles. The van der Waals surface area contributed by atoms with Crippen LogP contribution < -0.4 is 0 Å². The summed E-state index contributed by atoms with van der Waals surface area (Å²) < 4.78 is 5.17. The van der Waals surface area contributed by atoms with E-state index >= 15 is 0 Å². The third-order valence-electron chi connectivity index (χ3n) is 2.06. The molecule has 0 spiro atoms. The quantitative estimate of drug-likeness (QED) is 0.708. The first kappa shape index (κ1) is 13.2. The van der Waals surface area contributed by atoms with Crippen LogP contribution in [0.15, 0.2) is 4.52 Å². The van der Waals surface area contributed by atoms with Crippen molar-refractivity contribution in [1.29, 1.82) is 0 Å². The molecule has 0 radical (unpaired) electrons. The van der Waals surface area contributed by atoms with E-state index in [9.17, 15) is 0 Å². The molecule has 82 valence electrons. The Morgan fingerprint density at radius 3 is 1.79 bits per heavy atom. The summed E-state index contributed by atoms with van der Waals surface area (Å²) in [6, 6.07) is 0. The maximum atomic E-state index is 5.17. The Hall–Kier alpha value is -0.790. The van der Waals surface area contributed by atoms with Gasteiger partial charge in [-0.25, -0.2) is 0 Å². The number of nitrogens with zero attached hydrogens (tertiary/aromatic N) is 1. The summed E-state index contributed by atoms with van der Waals surface area (Å²) >= 11 is 0. The van der Waals surface area contributed by atoms with Gasteiger partial charge >= 0.3 is 0 Å². The highest BCUT2D eigenvalue weighted by molar-refractivity contribution is 5.27. The van der Waals surface area contributed by atoms with Gasteiger partial charge in [0.15, 0.2) is 0 Å². The van der Waals surface area contributed by atoms with Crippen LogP contribution in [0.4, 0.5) is 0 Å². The Kier molecular flexibility index (Phi) is 5.51. The summed E-state index contributed by atoms with van der Waals surface area (Å²) in [5.74, 6) is 1.93. The second kappa shape index (κ2) is 5.84. The minimum absolute atomic E-state index is 0.458. The molecule has 0 N–H and O–H groups in total. The van der Waals surface area contributed by atoms with Gasteiger partial charge < -0.3 is 4.52 Å². The first-order valence-corrected chi connectivity index (χ1v) is 5.50. The standard InChI is InChI=1S/C10H17NO.C2H6/c1-6(2)9-8(5)12-11-10(9)7(3)4;1-2/h6-7H,1-5H3;1-2H3. The number of hydrogen-bond donors (Lipinski definition) is 0. The van der Waals surface area contributed by atoms with Gasteiger partial charge in [-0.15, -0.1) is 0 Å². The van der Waals surface area contributed by atoms with Crippen LogP contribution >= 0.6 is 0 Å². The molecule has 0 aliphatic rings. The van der Waals surface area contributed by atoms with Gasteiger partial charge in [0, 0.05) is 5.56 Å². The van der Waals surface area contributed by atoms with E-state index in [-0.39, 0.29) is 0 Å². The Morgan fingerprint density at radius 2 is 1.50 bits per heavy atom. The molecule has 0 saturated heterocycles. The van der Waals surface area contributed by atoms with Crippen molar-refractivity contribution in [2.24, 2.45) is 0 Å². The molecule has 0 saturated carbocycles. The van der Waals surface area contributed by atoms with Crippen LogP contribution in [0.25, 0.3) is 0 Å². The molecule has 0 atom stereocenters. The Balaban J connectivity index is 0.000000791. The van der Waals surface area contributed by atoms with Crippen molar-refractivity contribution in [3.63, 3.8) is 0 Å². The number of hydrogen-bond acceptors (Lipinski definition) is 2. The van der Waals surface area contributed by atoms with Crippen molar-refractivity contribution < 1.29 is 4.52 Å². The van der Waals surface area contributed by atoms with E-state index in [0.29, 0.717) is 11.8 Å². The fraction of sp³-hybridized carbons (Fsp3) is 0.750. The van der Waals surface area contributed by atoms with Crippen LogP contribution in [0.2, 0.25) is 0 Å². The van der Waals surface area contributed by atoms with E-state index in [4.69, 9.17) is 4.52 Å². The van der Waals surface area contributed by atoms with Crippen molar-refractivity contribution in [1.82, 2.24) is 5.16 Å². The Bertz CT molecular complexity index is 261. The SMILES string of the molecule is CC.Cc1onc(C(C)C)c1C(C)C. The molecule has 1 rings (SSSR count). The van der Waals surface area contributed by atoms with Gasteiger partial charge in [-0.3, -0.25) is 0 Å². The molecule has 0 aliphatic heterocycles. The zero-order valence-corrected chi connectivity index (χ0v) is 10.5. The number of aryl methyl sites for hydroxylation is 1. The van der Waals surface area contributed by atoms with Gasteiger partial charge in [0.05, 0.1) is 5.69 Å². The van der Waals surface area contributed by atoms with Crippen molar-refractivity contribution in [2.45, 2.75) is 60.3 Å². The summed E-state index contributed by atoms with van der Waals surface area (Å²) in [5, 5.41) is 4.06. The molecule has 14 heavy (non-hydrogen) atoms.